The van der Waals surface area contributed by atoms with Gasteiger partial charge < -0.3 is 9.47 Å². The molecule has 2 rings (SSSR count). The molecular formula is C17H15F6NO4S. The number of halogens is 6. The average Bonchev–Trinajstić information content (AvgIpc) is 2.60. The highest BCUT2D eigenvalue weighted by atomic mass is 32.2. The van der Waals surface area contributed by atoms with Crippen molar-refractivity contribution in [3.63, 3.8) is 0 Å². The Morgan fingerprint density at radius 1 is 0.862 bits per heavy atom. The molecule has 0 aliphatic carbocycles. The number of sulfonamides is 1. The second kappa shape index (κ2) is 8.39. The Hall–Kier alpha value is -2.63. The number of rotatable bonds is 7. The molecule has 0 saturated carbocycles. The molecule has 2 aromatic rings. The molecule has 0 heterocycles. The van der Waals surface area contributed by atoms with Gasteiger partial charge in [-0.05, 0) is 42.5 Å². The number of alkyl halides is 6. The lowest BCUT2D eigenvalue weighted by molar-refractivity contribution is -0.143. The third-order valence-electron chi connectivity index (χ3n) is 3.54. The van der Waals surface area contributed by atoms with E-state index in [0.29, 0.717) is 11.5 Å². The molecule has 0 aliphatic rings. The maximum absolute atomic E-state index is 12.8. The zero-order chi connectivity index (χ0) is 21.9. The summed E-state index contributed by atoms with van der Waals surface area (Å²) in [4.78, 5) is 0. The number of benzene rings is 2. The fraction of sp³-hybridized carbons (Fsp3) is 0.294. The van der Waals surface area contributed by atoms with E-state index < -0.39 is 44.9 Å². The maximum Gasteiger partial charge on any atom is 0.416 e. The number of anilines is 1. The van der Waals surface area contributed by atoms with E-state index in [9.17, 15) is 34.8 Å². The molecule has 29 heavy (non-hydrogen) atoms. The van der Waals surface area contributed by atoms with Crippen LogP contribution in [-0.4, -0.2) is 27.9 Å². The van der Waals surface area contributed by atoms with Crippen molar-refractivity contribution in [3.05, 3.63) is 53.6 Å². The molecule has 0 unspecified atom stereocenters. The van der Waals surface area contributed by atoms with Gasteiger partial charge >= 0.3 is 12.4 Å². The van der Waals surface area contributed by atoms with Crippen LogP contribution in [0.1, 0.15) is 11.1 Å². The Labute approximate surface area is 162 Å². The van der Waals surface area contributed by atoms with Crippen LogP contribution in [0.4, 0.5) is 32.0 Å². The molecule has 0 radical (unpaired) electrons. The molecule has 0 amide bonds. The minimum absolute atomic E-state index is 0.0927. The van der Waals surface area contributed by atoms with Gasteiger partial charge in [0.05, 0.1) is 18.2 Å². The summed E-state index contributed by atoms with van der Waals surface area (Å²) < 4.78 is 113. The van der Waals surface area contributed by atoms with Crippen LogP contribution in [-0.2, 0) is 22.4 Å². The first kappa shape index (κ1) is 22.7. The van der Waals surface area contributed by atoms with Crippen molar-refractivity contribution in [2.75, 3.05) is 24.2 Å². The fourth-order valence-corrected chi connectivity index (χ4v) is 3.07. The van der Waals surface area contributed by atoms with E-state index in [2.05, 4.69) is 0 Å². The standard InChI is InChI=1S/C17H15F6NO4S/c1-27-14-2-4-15(5-3-14)28-6-7-29(25,26)24-13-9-11(16(18,19)20)8-12(10-13)17(21,22)23/h2-5,8-10,24H,6-7H2,1H3. The van der Waals surface area contributed by atoms with Gasteiger partial charge in [-0.25, -0.2) is 8.42 Å². The number of hydrogen-bond donors (Lipinski definition) is 1. The van der Waals surface area contributed by atoms with Crippen molar-refractivity contribution in [1.82, 2.24) is 0 Å². The summed E-state index contributed by atoms with van der Waals surface area (Å²) in [6.45, 7) is -0.382. The van der Waals surface area contributed by atoms with Crippen molar-refractivity contribution in [2.45, 2.75) is 12.4 Å². The first-order valence-electron chi connectivity index (χ1n) is 7.87. The van der Waals surface area contributed by atoms with E-state index in [1.165, 1.54) is 19.2 Å². The predicted octanol–water partition coefficient (Wildman–Crippen LogP) is 4.55. The van der Waals surface area contributed by atoms with Crippen LogP contribution >= 0.6 is 0 Å². The first-order valence-corrected chi connectivity index (χ1v) is 9.52. The third-order valence-corrected chi connectivity index (χ3v) is 4.79. The summed E-state index contributed by atoms with van der Waals surface area (Å²) in [6.07, 6.45) is -10.2. The van der Waals surface area contributed by atoms with Crippen LogP contribution in [0.3, 0.4) is 0 Å². The Bertz CT molecular complexity index is 908. The molecule has 5 nitrogen and oxygen atoms in total. The number of hydrogen-bond acceptors (Lipinski definition) is 4. The average molecular weight is 443 g/mol. The normalized spacial score (nSPS) is 12.5. The molecule has 2 aromatic carbocycles. The number of methoxy groups -OCH3 is 1. The molecule has 0 fully saturated rings. The van der Waals surface area contributed by atoms with Crippen molar-refractivity contribution < 1.29 is 44.2 Å². The monoisotopic (exact) mass is 443 g/mol. The minimum Gasteiger partial charge on any atom is -0.497 e. The molecule has 1 N–H and O–H groups in total. The van der Waals surface area contributed by atoms with Crippen molar-refractivity contribution in [2.24, 2.45) is 0 Å². The molecular weight excluding hydrogens is 428 g/mol. The molecule has 0 saturated heterocycles. The molecule has 0 aromatic heterocycles. The summed E-state index contributed by atoms with van der Waals surface area (Å²) in [7, 11) is -2.83. The summed E-state index contributed by atoms with van der Waals surface area (Å²) in [5.41, 5.74) is -4.10. The number of nitrogens with one attached hydrogen (secondary N) is 1. The summed E-state index contributed by atoms with van der Waals surface area (Å²) in [5.74, 6) is 0.146. The Morgan fingerprint density at radius 3 is 1.79 bits per heavy atom. The second-order valence-corrected chi connectivity index (χ2v) is 7.58. The molecule has 12 heteroatoms. The van der Waals surface area contributed by atoms with Crippen LogP contribution in [0.25, 0.3) is 0 Å². The molecule has 0 bridgehead atoms. The van der Waals surface area contributed by atoms with E-state index in [1.807, 2.05) is 0 Å². The number of ether oxygens (including phenoxy) is 2. The topological polar surface area (TPSA) is 64.6 Å². The third kappa shape index (κ3) is 6.73. The van der Waals surface area contributed by atoms with E-state index in [0.717, 1.165) is 0 Å². The van der Waals surface area contributed by atoms with Crippen LogP contribution in [0.5, 0.6) is 11.5 Å². The zero-order valence-corrected chi connectivity index (χ0v) is 15.6. The first-order chi connectivity index (χ1) is 13.3. The Morgan fingerprint density at radius 2 is 1.34 bits per heavy atom. The van der Waals surface area contributed by atoms with Gasteiger partial charge in [-0.1, -0.05) is 0 Å². The summed E-state index contributed by atoms with van der Waals surface area (Å²) in [5, 5.41) is 0. The largest absolute Gasteiger partial charge is 0.497 e. The van der Waals surface area contributed by atoms with Crippen molar-refractivity contribution in [3.8, 4) is 11.5 Å². The highest BCUT2D eigenvalue weighted by Gasteiger charge is 2.37. The smallest absolute Gasteiger partial charge is 0.416 e. The predicted molar refractivity (Wildman–Crippen MR) is 92.3 cm³/mol. The molecule has 0 spiro atoms. The van der Waals surface area contributed by atoms with Gasteiger partial charge in [0, 0.05) is 5.69 Å². The molecule has 0 atom stereocenters. The van der Waals surface area contributed by atoms with E-state index in [4.69, 9.17) is 9.47 Å². The van der Waals surface area contributed by atoms with E-state index >= 15 is 0 Å². The van der Waals surface area contributed by atoms with Gasteiger partial charge in [0.15, 0.2) is 0 Å². The van der Waals surface area contributed by atoms with Crippen LogP contribution in [0.2, 0.25) is 0 Å². The van der Waals surface area contributed by atoms with Gasteiger partial charge in [-0.3, -0.25) is 4.72 Å². The lowest BCUT2D eigenvalue weighted by Crippen LogP contribution is -2.22. The van der Waals surface area contributed by atoms with Crippen LogP contribution in [0.15, 0.2) is 42.5 Å². The Balaban J connectivity index is 2.11. The quantitative estimate of drug-likeness (QED) is 0.638. The lowest BCUT2D eigenvalue weighted by Gasteiger charge is -2.15. The maximum atomic E-state index is 12.8. The molecule has 0 aliphatic heterocycles. The van der Waals surface area contributed by atoms with Crippen molar-refractivity contribution >= 4 is 15.7 Å². The molecule has 160 valence electrons. The van der Waals surface area contributed by atoms with Gasteiger partial charge in [0.2, 0.25) is 10.0 Å². The highest BCUT2D eigenvalue weighted by molar-refractivity contribution is 7.92. The highest BCUT2D eigenvalue weighted by Crippen LogP contribution is 2.37. The van der Waals surface area contributed by atoms with Gasteiger partial charge in [-0.15, -0.1) is 0 Å². The van der Waals surface area contributed by atoms with E-state index in [1.54, 1.807) is 16.9 Å². The van der Waals surface area contributed by atoms with Gasteiger partial charge in [0.1, 0.15) is 23.9 Å². The zero-order valence-electron chi connectivity index (χ0n) is 14.8. The van der Waals surface area contributed by atoms with Gasteiger partial charge in [-0.2, -0.15) is 26.3 Å². The minimum atomic E-state index is -5.08. The van der Waals surface area contributed by atoms with Gasteiger partial charge in [0.25, 0.3) is 0 Å². The SMILES string of the molecule is COc1ccc(OCCS(=O)(=O)Nc2cc(C(F)(F)F)cc(C(F)(F)F)c2)cc1. The van der Waals surface area contributed by atoms with Crippen molar-refractivity contribution in [1.29, 1.82) is 0 Å². The Kier molecular flexibility index (Phi) is 6.56. The summed E-state index contributed by atoms with van der Waals surface area (Å²) in [6, 6.07) is 6.61. The van der Waals surface area contributed by atoms with E-state index in [-0.39, 0.29) is 24.8 Å². The fourth-order valence-electron chi connectivity index (χ4n) is 2.19. The van der Waals surface area contributed by atoms with Crippen LogP contribution in [0, 0.1) is 0 Å². The van der Waals surface area contributed by atoms with Crippen LogP contribution < -0.4 is 14.2 Å². The lowest BCUT2D eigenvalue weighted by atomic mass is 10.1. The second-order valence-electron chi connectivity index (χ2n) is 5.74. The summed E-state index contributed by atoms with van der Waals surface area (Å²) >= 11 is 0.